The molecular formula is C16H23NO3. The Balaban J connectivity index is 2.15. The Labute approximate surface area is 120 Å². The minimum Gasteiger partial charge on any atom is -0.497 e. The molecule has 4 nitrogen and oxygen atoms in total. The van der Waals surface area contributed by atoms with Crippen LogP contribution >= 0.6 is 0 Å². The van der Waals surface area contributed by atoms with Crippen LogP contribution in [0.3, 0.4) is 0 Å². The maximum atomic E-state index is 12.3. The van der Waals surface area contributed by atoms with Crippen molar-refractivity contribution >= 4 is 11.7 Å². The third kappa shape index (κ3) is 3.24. The van der Waals surface area contributed by atoms with Gasteiger partial charge >= 0.3 is 5.97 Å². The average Bonchev–Trinajstić information content (AvgIpc) is 2.49. The third-order valence-electron chi connectivity index (χ3n) is 3.85. The van der Waals surface area contributed by atoms with E-state index in [0.29, 0.717) is 6.61 Å². The largest absolute Gasteiger partial charge is 0.497 e. The van der Waals surface area contributed by atoms with Crippen molar-refractivity contribution in [2.24, 2.45) is 0 Å². The number of benzene rings is 1. The van der Waals surface area contributed by atoms with Gasteiger partial charge in [0.05, 0.1) is 13.7 Å². The molecule has 1 aliphatic rings. The molecule has 1 aromatic carbocycles. The number of hydrogen-bond donors (Lipinski definition) is 1. The van der Waals surface area contributed by atoms with Crippen molar-refractivity contribution in [3.05, 3.63) is 24.3 Å². The lowest BCUT2D eigenvalue weighted by Crippen LogP contribution is -2.49. The fraction of sp³-hybridized carbons (Fsp3) is 0.562. The van der Waals surface area contributed by atoms with Gasteiger partial charge in [-0.05, 0) is 44.0 Å². The fourth-order valence-electron chi connectivity index (χ4n) is 2.76. The number of carbonyl (C=O) groups is 1. The molecule has 110 valence electrons. The van der Waals surface area contributed by atoms with Crippen LogP contribution in [-0.2, 0) is 9.53 Å². The average molecular weight is 277 g/mol. The highest BCUT2D eigenvalue weighted by Crippen LogP contribution is 2.33. The van der Waals surface area contributed by atoms with Gasteiger partial charge in [0.2, 0.25) is 0 Å². The van der Waals surface area contributed by atoms with Gasteiger partial charge in [0.25, 0.3) is 0 Å². The highest BCUT2D eigenvalue weighted by Gasteiger charge is 2.40. The van der Waals surface area contributed by atoms with Crippen LogP contribution in [-0.4, -0.2) is 25.2 Å². The number of rotatable bonds is 5. The zero-order valence-electron chi connectivity index (χ0n) is 12.3. The second-order valence-electron chi connectivity index (χ2n) is 5.22. The first-order valence-electron chi connectivity index (χ1n) is 7.29. The Morgan fingerprint density at radius 2 is 1.85 bits per heavy atom. The van der Waals surface area contributed by atoms with Crippen LogP contribution in [0.25, 0.3) is 0 Å². The van der Waals surface area contributed by atoms with Gasteiger partial charge in [0, 0.05) is 5.69 Å². The van der Waals surface area contributed by atoms with Crippen molar-refractivity contribution in [2.45, 2.75) is 44.6 Å². The Morgan fingerprint density at radius 3 is 2.40 bits per heavy atom. The number of carbonyl (C=O) groups excluding carboxylic acids is 1. The van der Waals surface area contributed by atoms with Crippen molar-refractivity contribution in [3.8, 4) is 5.75 Å². The van der Waals surface area contributed by atoms with Crippen molar-refractivity contribution in [1.29, 1.82) is 0 Å². The van der Waals surface area contributed by atoms with Crippen LogP contribution in [0.4, 0.5) is 5.69 Å². The molecule has 1 aromatic rings. The molecular weight excluding hydrogens is 254 g/mol. The molecule has 0 saturated heterocycles. The van der Waals surface area contributed by atoms with E-state index in [1.165, 1.54) is 6.42 Å². The van der Waals surface area contributed by atoms with E-state index in [1.807, 2.05) is 31.2 Å². The summed E-state index contributed by atoms with van der Waals surface area (Å²) in [4.78, 5) is 12.3. The van der Waals surface area contributed by atoms with Crippen LogP contribution in [0.5, 0.6) is 5.75 Å². The lowest BCUT2D eigenvalue weighted by Gasteiger charge is -2.36. The normalized spacial score (nSPS) is 17.3. The highest BCUT2D eigenvalue weighted by atomic mass is 16.5. The van der Waals surface area contributed by atoms with E-state index >= 15 is 0 Å². The van der Waals surface area contributed by atoms with Gasteiger partial charge in [0.15, 0.2) is 0 Å². The van der Waals surface area contributed by atoms with Crippen LogP contribution in [0.2, 0.25) is 0 Å². The molecule has 0 atom stereocenters. The summed E-state index contributed by atoms with van der Waals surface area (Å²) in [6.45, 7) is 2.27. The molecule has 0 amide bonds. The van der Waals surface area contributed by atoms with Crippen molar-refractivity contribution in [2.75, 3.05) is 19.0 Å². The van der Waals surface area contributed by atoms with Gasteiger partial charge in [-0.25, -0.2) is 4.79 Å². The summed E-state index contributed by atoms with van der Waals surface area (Å²) in [6.07, 6.45) is 4.96. The van der Waals surface area contributed by atoms with Crippen molar-refractivity contribution in [1.82, 2.24) is 0 Å². The summed E-state index contributed by atoms with van der Waals surface area (Å²) in [7, 11) is 1.64. The van der Waals surface area contributed by atoms with Gasteiger partial charge in [-0.2, -0.15) is 0 Å². The SMILES string of the molecule is CCOC(=O)C1(Nc2ccc(OC)cc2)CCCCC1. The first-order valence-corrected chi connectivity index (χ1v) is 7.29. The predicted octanol–water partition coefficient (Wildman–Crippen LogP) is 3.37. The fourth-order valence-corrected chi connectivity index (χ4v) is 2.76. The minimum absolute atomic E-state index is 0.129. The van der Waals surface area contributed by atoms with Crippen LogP contribution < -0.4 is 10.1 Å². The molecule has 0 radical (unpaired) electrons. The number of ether oxygens (including phenoxy) is 2. The summed E-state index contributed by atoms with van der Waals surface area (Å²) < 4.78 is 10.4. The zero-order chi connectivity index (χ0) is 14.4. The van der Waals surface area contributed by atoms with E-state index in [2.05, 4.69) is 5.32 Å². The van der Waals surface area contributed by atoms with Gasteiger partial charge < -0.3 is 14.8 Å². The number of methoxy groups -OCH3 is 1. The number of nitrogens with one attached hydrogen (secondary N) is 1. The quantitative estimate of drug-likeness (QED) is 0.838. The molecule has 0 heterocycles. The molecule has 0 spiro atoms. The van der Waals surface area contributed by atoms with Gasteiger partial charge in [-0.3, -0.25) is 0 Å². The number of anilines is 1. The molecule has 2 rings (SSSR count). The molecule has 1 aliphatic carbocycles. The van der Waals surface area contributed by atoms with E-state index in [4.69, 9.17) is 9.47 Å². The smallest absolute Gasteiger partial charge is 0.331 e. The van der Waals surface area contributed by atoms with Crippen LogP contribution in [0.15, 0.2) is 24.3 Å². The van der Waals surface area contributed by atoms with Crippen molar-refractivity contribution < 1.29 is 14.3 Å². The van der Waals surface area contributed by atoms with Gasteiger partial charge in [-0.15, -0.1) is 0 Å². The summed E-state index contributed by atoms with van der Waals surface area (Å²) in [5.74, 6) is 0.680. The Hall–Kier alpha value is -1.71. The van der Waals surface area contributed by atoms with Crippen LogP contribution in [0.1, 0.15) is 39.0 Å². The number of esters is 1. The summed E-state index contributed by atoms with van der Waals surface area (Å²) >= 11 is 0. The predicted molar refractivity (Wildman–Crippen MR) is 79.1 cm³/mol. The number of hydrogen-bond acceptors (Lipinski definition) is 4. The highest BCUT2D eigenvalue weighted by molar-refractivity contribution is 5.84. The first kappa shape index (κ1) is 14.7. The monoisotopic (exact) mass is 277 g/mol. The standard InChI is InChI=1S/C16H23NO3/c1-3-20-15(18)16(11-5-4-6-12-16)17-13-7-9-14(19-2)10-8-13/h7-10,17H,3-6,11-12H2,1-2H3. The second kappa shape index (κ2) is 6.64. The Morgan fingerprint density at radius 1 is 1.20 bits per heavy atom. The topological polar surface area (TPSA) is 47.6 Å². The van der Waals surface area contributed by atoms with Crippen molar-refractivity contribution in [3.63, 3.8) is 0 Å². The molecule has 0 bridgehead atoms. The van der Waals surface area contributed by atoms with E-state index in [-0.39, 0.29) is 5.97 Å². The molecule has 1 saturated carbocycles. The minimum atomic E-state index is -0.567. The molecule has 20 heavy (non-hydrogen) atoms. The molecule has 1 fully saturated rings. The maximum Gasteiger partial charge on any atom is 0.331 e. The van der Waals surface area contributed by atoms with Gasteiger partial charge in [0.1, 0.15) is 11.3 Å². The third-order valence-corrected chi connectivity index (χ3v) is 3.85. The van der Waals surface area contributed by atoms with Crippen LogP contribution in [0, 0.1) is 0 Å². The molecule has 0 unspecified atom stereocenters. The molecule has 0 aromatic heterocycles. The summed E-state index contributed by atoms with van der Waals surface area (Å²) in [5.41, 5.74) is 0.365. The van der Waals surface area contributed by atoms with Gasteiger partial charge in [-0.1, -0.05) is 19.3 Å². The summed E-state index contributed by atoms with van der Waals surface area (Å²) in [6, 6.07) is 7.66. The van der Waals surface area contributed by atoms with E-state index in [1.54, 1.807) is 7.11 Å². The Bertz CT molecular complexity index is 436. The Kier molecular flexibility index (Phi) is 4.88. The zero-order valence-corrected chi connectivity index (χ0v) is 12.3. The summed E-state index contributed by atoms with van der Waals surface area (Å²) in [5, 5.41) is 3.40. The lowest BCUT2D eigenvalue weighted by molar-refractivity contribution is -0.149. The molecule has 1 N–H and O–H groups in total. The maximum absolute atomic E-state index is 12.3. The van der Waals surface area contributed by atoms with E-state index < -0.39 is 5.54 Å². The second-order valence-corrected chi connectivity index (χ2v) is 5.22. The first-order chi connectivity index (χ1) is 9.70. The van der Waals surface area contributed by atoms with E-state index in [9.17, 15) is 4.79 Å². The molecule has 4 heteroatoms. The molecule has 0 aliphatic heterocycles. The lowest BCUT2D eigenvalue weighted by atomic mass is 9.81. The van der Waals surface area contributed by atoms with E-state index in [0.717, 1.165) is 37.1 Å².